The first-order chi connectivity index (χ1) is 13.0. The second kappa shape index (κ2) is 6.89. The zero-order valence-corrected chi connectivity index (χ0v) is 15.0. The molecule has 1 aliphatic heterocycles. The molecule has 7 heteroatoms. The van der Waals surface area contributed by atoms with Gasteiger partial charge in [-0.3, -0.25) is 4.79 Å². The Morgan fingerprint density at radius 3 is 2.67 bits per heavy atom. The molecular weight excluding hydrogens is 366 g/mol. The van der Waals surface area contributed by atoms with Crippen LogP contribution in [-0.4, -0.2) is 26.8 Å². The third kappa shape index (κ3) is 3.31. The van der Waals surface area contributed by atoms with Crippen LogP contribution in [0.3, 0.4) is 0 Å². The first kappa shape index (κ1) is 17.3. The lowest BCUT2D eigenvalue weighted by atomic mass is 9.87. The van der Waals surface area contributed by atoms with E-state index in [0.29, 0.717) is 17.4 Å². The van der Waals surface area contributed by atoms with Crippen molar-refractivity contribution in [2.45, 2.75) is 18.9 Å². The first-order valence-corrected chi connectivity index (χ1v) is 8.83. The fraction of sp³-hybridized carbons (Fsp3) is 0.150. The van der Waals surface area contributed by atoms with Gasteiger partial charge in [0.2, 0.25) is 5.91 Å². The summed E-state index contributed by atoms with van der Waals surface area (Å²) in [6, 6.07) is 14.1. The van der Waals surface area contributed by atoms with E-state index in [0.717, 1.165) is 16.7 Å². The number of hydrogen-bond acceptors (Lipinski definition) is 3. The van der Waals surface area contributed by atoms with Crippen LogP contribution in [0.25, 0.3) is 0 Å². The molecule has 0 saturated carbocycles. The Balaban J connectivity index is 1.69. The smallest absolute Gasteiger partial charge is 0.335 e. The zero-order valence-electron chi connectivity index (χ0n) is 14.2. The van der Waals surface area contributed by atoms with E-state index in [1.807, 2.05) is 24.3 Å². The van der Waals surface area contributed by atoms with E-state index < -0.39 is 5.97 Å². The van der Waals surface area contributed by atoms with E-state index in [-0.39, 0.29) is 23.8 Å². The third-order valence-electron chi connectivity index (χ3n) is 4.73. The molecule has 0 spiro atoms. The molecule has 2 heterocycles. The van der Waals surface area contributed by atoms with Crippen LogP contribution in [-0.2, 0) is 11.3 Å². The Morgan fingerprint density at radius 2 is 1.96 bits per heavy atom. The molecule has 6 nitrogen and oxygen atoms in total. The molecule has 136 valence electrons. The number of amides is 1. The third-order valence-corrected chi connectivity index (χ3v) is 5.10. The van der Waals surface area contributed by atoms with Gasteiger partial charge in [-0.2, -0.15) is 5.10 Å². The van der Waals surface area contributed by atoms with Gasteiger partial charge in [0, 0.05) is 22.9 Å². The Morgan fingerprint density at radius 1 is 1.22 bits per heavy atom. The number of carboxylic acid groups (broad SMARTS) is 1. The van der Waals surface area contributed by atoms with E-state index in [1.54, 1.807) is 35.1 Å². The number of nitrogens with one attached hydrogen (secondary N) is 1. The standard InChI is InChI=1S/C20H16ClN3O3/c21-17-4-2-1-3-14(17)11-24-19-16(10-22-24)15(9-18(25)23-19)12-5-7-13(8-6-12)20(26)27/h1-8,10,15H,9,11H2,(H,23,25)(H,26,27)/t15-/m0/s1. The van der Waals surface area contributed by atoms with Gasteiger partial charge in [-0.25, -0.2) is 9.48 Å². The van der Waals surface area contributed by atoms with Gasteiger partial charge < -0.3 is 10.4 Å². The van der Waals surface area contributed by atoms with Gasteiger partial charge in [-0.05, 0) is 29.3 Å². The molecule has 0 fully saturated rings. The average Bonchev–Trinajstić information content (AvgIpc) is 3.05. The second-order valence-corrected chi connectivity index (χ2v) is 6.84. The number of benzene rings is 2. The second-order valence-electron chi connectivity index (χ2n) is 6.43. The maximum atomic E-state index is 12.3. The maximum absolute atomic E-state index is 12.3. The molecule has 1 aromatic heterocycles. The highest BCUT2D eigenvalue weighted by atomic mass is 35.5. The topological polar surface area (TPSA) is 84.2 Å². The van der Waals surface area contributed by atoms with Gasteiger partial charge in [-0.15, -0.1) is 0 Å². The number of halogens is 1. The summed E-state index contributed by atoms with van der Waals surface area (Å²) in [6.07, 6.45) is 2.04. The highest BCUT2D eigenvalue weighted by Crippen LogP contribution is 2.37. The molecule has 0 unspecified atom stereocenters. The fourth-order valence-corrected chi connectivity index (χ4v) is 3.53. The van der Waals surface area contributed by atoms with Crippen molar-refractivity contribution >= 4 is 29.3 Å². The molecular formula is C20H16ClN3O3. The van der Waals surface area contributed by atoms with Gasteiger partial charge in [0.05, 0.1) is 18.3 Å². The zero-order chi connectivity index (χ0) is 19.0. The van der Waals surface area contributed by atoms with Crippen molar-refractivity contribution in [2.24, 2.45) is 0 Å². The summed E-state index contributed by atoms with van der Waals surface area (Å²) in [5, 5.41) is 17.0. The number of aromatic nitrogens is 2. The molecule has 0 aliphatic carbocycles. The van der Waals surface area contributed by atoms with E-state index >= 15 is 0 Å². The number of aromatic carboxylic acids is 1. The first-order valence-electron chi connectivity index (χ1n) is 8.45. The normalized spacial score (nSPS) is 15.9. The molecule has 3 aromatic rings. The summed E-state index contributed by atoms with van der Waals surface area (Å²) in [5.74, 6) is -0.595. The molecule has 0 radical (unpaired) electrons. The highest BCUT2D eigenvalue weighted by Gasteiger charge is 2.30. The van der Waals surface area contributed by atoms with Crippen molar-refractivity contribution in [3.05, 3.63) is 82.0 Å². The largest absolute Gasteiger partial charge is 0.478 e. The van der Waals surface area contributed by atoms with E-state index in [4.69, 9.17) is 16.7 Å². The van der Waals surface area contributed by atoms with Gasteiger partial charge in [0.1, 0.15) is 5.82 Å². The summed E-state index contributed by atoms with van der Waals surface area (Å²) in [5.41, 5.74) is 2.92. The summed E-state index contributed by atoms with van der Waals surface area (Å²) in [6.45, 7) is 0.444. The molecule has 1 atom stereocenters. The van der Waals surface area contributed by atoms with Crippen LogP contribution < -0.4 is 5.32 Å². The van der Waals surface area contributed by atoms with Crippen LogP contribution in [0.1, 0.15) is 39.4 Å². The number of nitrogens with zero attached hydrogens (tertiary/aromatic N) is 2. The molecule has 4 rings (SSSR count). The Hall–Kier alpha value is -3.12. The van der Waals surface area contributed by atoms with Crippen molar-refractivity contribution in [1.29, 1.82) is 0 Å². The summed E-state index contributed by atoms with van der Waals surface area (Å²) >= 11 is 6.24. The lowest BCUT2D eigenvalue weighted by molar-refractivity contribution is -0.116. The Labute approximate surface area is 160 Å². The minimum Gasteiger partial charge on any atom is -0.478 e. The predicted octanol–water partition coefficient (Wildman–Crippen LogP) is 3.76. The lowest BCUT2D eigenvalue weighted by Crippen LogP contribution is -2.25. The molecule has 2 aromatic carbocycles. The van der Waals surface area contributed by atoms with Gasteiger partial charge in [0.25, 0.3) is 0 Å². The number of fused-ring (bicyclic) bond motifs is 1. The average molecular weight is 382 g/mol. The number of carbonyl (C=O) groups excluding carboxylic acids is 1. The minimum absolute atomic E-state index is 0.101. The van der Waals surface area contributed by atoms with Crippen LogP contribution in [0, 0.1) is 0 Å². The number of rotatable bonds is 4. The summed E-state index contributed by atoms with van der Waals surface area (Å²) in [7, 11) is 0. The molecule has 1 aliphatic rings. The highest BCUT2D eigenvalue weighted by molar-refractivity contribution is 6.31. The van der Waals surface area contributed by atoms with Gasteiger partial charge in [-0.1, -0.05) is 41.9 Å². The minimum atomic E-state index is -0.976. The lowest BCUT2D eigenvalue weighted by Gasteiger charge is -2.24. The predicted molar refractivity (Wildman–Crippen MR) is 101 cm³/mol. The van der Waals surface area contributed by atoms with Crippen LogP contribution >= 0.6 is 11.6 Å². The van der Waals surface area contributed by atoms with Crippen LogP contribution in [0.15, 0.2) is 54.7 Å². The molecule has 0 saturated heterocycles. The van der Waals surface area contributed by atoms with E-state index in [9.17, 15) is 9.59 Å². The van der Waals surface area contributed by atoms with Crippen molar-refractivity contribution in [3.63, 3.8) is 0 Å². The van der Waals surface area contributed by atoms with Crippen molar-refractivity contribution < 1.29 is 14.7 Å². The quantitative estimate of drug-likeness (QED) is 0.720. The Kier molecular flexibility index (Phi) is 4.41. The SMILES string of the molecule is O=C1C[C@@H](c2ccc(C(=O)O)cc2)c2cnn(Cc3ccccc3Cl)c2N1. The van der Waals surface area contributed by atoms with Crippen LogP contribution in [0.2, 0.25) is 5.02 Å². The van der Waals surface area contributed by atoms with Crippen molar-refractivity contribution in [3.8, 4) is 0 Å². The Bertz CT molecular complexity index is 1030. The van der Waals surface area contributed by atoms with E-state index in [2.05, 4.69) is 10.4 Å². The molecule has 27 heavy (non-hydrogen) atoms. The maximum Gasteiger partial charge on any atom is 0.335 e. The fourth-order valence-electron chi connectivity index (χ4n) is 3.33. The van der Waals surface area contributed by atoms with Crippen molar-refractivity contribution in [2.75, 3.05) is 5.32 Å². The van der Waals surface area contributed by atoms with Crippen LogP contribution in [0.4, 0.5) is 5.82 Å². The summed E-state index contributed by atoms with van der Waals surface area (Å²) in [4.78, 5) is 23.3. The summed E-state index contributed by atoms with van der Waals surface area (Å²) < 4.78 is 1.73. The monoisotopic (exact) mass is 381 g/mol. The number of carboxylic acids is 1. The molecule has 2 N–H and O–H groups in total. The molecule has 1 amide bonds. The van der Waals surface area contributed by atoms with Gasteiger partial charge in [0.15, 0.2) is 0 Å². The van der Waals surface area contributed by atoms with Gasteiger partial charge >= 0.3 is 5.97 Å². The van der Waals surface area contributed by atoms with Crippen LogP contribution in [0.5, 0.6) is 0 Å². The van der Waals surface area contributed by atoms with E-state index in [1.165, 1.54) is 0 Å². The van der Waals surface area contributed by atoms with Crippen molar-refractivity contribution in [1.82, 2.24) is 9.78 Å². The molecule has 0 bridgehead atoms. The number of anilines is 1. The number of hydrogen-bond donors (Lipinski definition) is 2. The number of carbonyl (C=O) groups is 2.